The van der Waals surface area contributed by atoms with Crippen LogP contribution in [0.1, 0.15) is 37.9 Å². The van der Waals surface area contributed by atoms with Crippen LogP contribution in [0.15, 0.2) is 23.4 Å². The summed E-state index contributed by atoms with van der Waals surface area (Å²) in [5, 5.41) is 22.8. The molecule has 1 saturated carbocycles. The lowest BCUT2D eigenvalue weighted by molar-refractivity contribution is -0.384. The minimum absolute atomic E-state index is 0.0302. The highest BCUT2D eigenvalue weighted by atomic mass is 35.5. The number of nitrogens with one attached hydrogen (secondary N) is 1. The van der Waals surface area contributed by atoms with Gasteiger partial charge in [-0.2, -0.15) is 0 Å². The summed E-state index contributed by atoms with van der Waals surface area (Å²) in [6.07, 6.45) is 3.25. The van der Waals surface area contributed by atoms with Gasteiger partial charge in [0.25, 0.3) is 5.69 Å². The van der Waals surface area contributed by atoms with Gasteiger partial charge >= 0.3 is 0 Å². The van der Waals surface area contributed by atoms with Crippen molar-refractivity contribution in [2.75, 3.05) is 11.1 Å². The van der Waals surface area contributed by atoms with Crippen LogP contribution in [0.4, 0.5) is 11.4 Å². The number of amides is 1. The molecule has 1 aromatic carbocycles. The van der Waals surface area contributed by atoms with Crippen LogP contribution in [0.3, 0.4) is 0 Å². The second kappa shape index (κ2) is 8.05. The van der Waals surface area contributed by atoms with Crippen molar-refractivity contribution >= 4 is 40.6 Å². The highest BCUT2D eigenvalue weighted by Crippen LogP contribution is 2.40. The number of hydrogen-bond donors (Lipinski definition) is 1. The van der Waals surface area contributed by atoms with Gasteiger partial charge in [0.2, 0.25) is 5.91 Å². The first-order valence-corrected chi connectivity index (χ1v) is 9.65. The molecule has 26 heavy (non-hydrogen) atoms. The van der Waals surface area contributed by atoms with Gasteiger partial charge in [-0.25, -0.2) is 0 Å². The van der Waals surface area contributed by atoms with E-state index in [0.29, 0.717) is 11.6 Å². The number of hydrogen-bond acceptors (Lipinski definition) is 6. The number of rotatable bonds is 8. The number of carbonyl (C=O) groups is 1. The largest absolute Gasteiger partial charge is 0.325 e. The molecule has 0 bridgehead atoms. The van der Waals surface area contributed by atoms with Gasteiger partial charge < -0.3 is 9.88 Å². The SMILES string of the molecule is CCCn1c(SCC(=O)Nc2ccc(Cl)c([N+](=O)[O-])c2)nnc1C1CC1. The standard InChI is InChI=1S/C16H18ClN5O3S/c1-2-7-21-15(10-3-4-10)19-20-16(21)26-9-14(23)18-11-5-6-12(17)13(8-11)22(24)25/h5-6,8,10H,2-4,7,9H2,1H3,(H,18,23). The smallest absolute Gasteiger partial charge is 0.289 e. The summed E-state index contributed by atoms with van der Waals surface area (Å²) in [5.74, 6) is 1.36. The maximum atomic E-state index is 12.2. The predicted molar refractivity (Wildman–Crippen MR) is 99.7 cm³/mol. The normalized spacial score (nSPS) is 13.6. The molecule has 0 spiro atoms. The summed E-state index contributed by atoms with van der Waals surface area (Å²) in [4.78, 5) is 22.5. The van der Waals surface area contributed by atoms with Crippen LogP contribution >= 0.6 is 23.4 Å². The van der Waals surface area contributed by atoms with Crippen LogP contribution in [0.25, 0.3) is 0 Å². The molecular weight excluding hydrogens is 378 g/mol. The van der Waals surface area contributed by atoms with Gasteiger partial charge in [0.15, 0.2) is 5.16 Å². The molecule has 1 fully saturated rings. The van der Waals surface area contributed by atoms with Gasteiger partial charge in [0, 0.05) is 24.2 Å². The zero-order valence-electron chi connectivity index (χ0n) is 14.1. The topological polar surface area (TPSA) is 103 Å². The molecule has 1 heterocycles. The zero-order valence-corrected chi connectivity index (χ0v) is 15.7. The van der Waals surface area contributed by atoms with Gasteiger partial charge in [-0.15, -0.1) is 10.2 Å². The molecule has 0 radical (unpaired) electrons. The Morgan fingerprint density at radius 1 is 1.46 bits per heavy atom. The van der Waals surface area contributed by atoms with Crippen molar-refractivity contribution in [2.45, 2.75) is 43.8 Å². The van der Waals surface area contributed by atoms with E-state index in [9.17, 15) is 14.9 Å². The molecule has 0 unspecified atom stereocenters. The molecule has 3 rings (SSSR count). The van der Waals surface area contributed by atoms with Crippen LogP contribution in [0.5, 0.6) is 0 Å². The summed E-state index contributed by atoms with van der Waals surface area (Å²) in [6, 6.07) is 4.17. The summed E-state index contributed by atoms with van der Waals surface area (Å²) in [5.41, 5.74) is 0.0919. The van der Waals surface area contributed by atoms with E-state index in [0.717, 1.165) is 36.8 Å². The Morgan fingerprint density at radius 3 is 2.88 bits per heavy atom. The molecule has 1 aliphatic carbocycles. The van der Waals surface area contributed by atoms with E-state index < -0.39 is 4.92 Å². The van der Waals surface area contributed by atoms with E-state index in [4.69, 9.17) is 11.6 Å². The third-order valence-electron chi connectivity index (χ3n) is 3.89. The number of anilines is 1. The first-order chi connectivity index (χ1) is 12.5. The van der Waals surface area contributed by atoms with Crippen LogP contribution in [-0.2, 0) is 11.3 Å². The lowest BCUT2D eigenvalue weighted by Crippen LogP contribution is -2.15. The van der Waals surface area contributed by atoms with Crippen LogP contribution in [0.2, 0.25) is 5.02 Å². The number of benzene rings is 1. The van der Waals surface area contributed by atoms with E-state index in [2.05, 4.69) is 27.0 Å². The van der Waals surface area contributed by atoms with Gasteiger partial charge in [0.05, 0.1) is 10.7 Å². The molecule has 0 saturated heterocycles. The van der Waals surface area contributed by atoms with Gasteiger partial charge in [-0.3, -0.25) is 14.9 Å². The number of nitro groups is 1. The Balaban J connectivity index is 1.63. The monoisotopic (exact) mass is 395 g/mol. The second-order valence-corrected chi connectivity index (χ2v) is 7.38. The van der Waals surface area contributed by atoms with Crippen molar-refractivity contribution in [3.8, 4) is 0 Å². The summed E-state index contributed by atoms with van der Waals surface area (Å²) in [6.45, 7) is 2.91. The Bertz CT molecular complexity index is 837. The van der Waals surface area contributed by atoms with E-state index in [-0.39, 0.29) is 22.4 Å². The molecule has 10 heteroatoms. The molecule has 1 aromatic heterocycles. The summed E-state index contributed by atoms with van der Waals surface area (Å²) >= 11 is 7.08. The molecule has 138 valence electrons. The summed E-state index contributed by atoms with van der Waals surface area (Å²) < 4.78 is 2.09. The number of nitro benzene ring substituents is 1. The van der Waals surface area contributed by atoms with Gasteiger partial charge in [0.1, 0.15) is 10.8 Å². The van der Waals surface area contributed by atoms with Gasteiger partial charge in [-0.1, -0.05) is 30.3 Å². The molecule has 0 aliphatic heterocycles. The number of halogens is 1. The van der Waals surface area contributed by atoms with Crippen molar-refractivity contribution in [1.29, 1.82) is 0 Å². The number of aromatic nitrogens is 3. The molecule has 1 N–H and O–H groups in total. The van der Waals surface area contributed by atoms with Crippen molar-refractivity contribution in [3.05, 3.63) is 39.2 Å². The van der Waals surface area contributed by atoms with Crippen LogP contribution in [-0.4, -0.2) is 31.3 Å². The van der Waals surface area contributed by atoms with Crippen molar-refractivity contribution in [1.82, 2.24) is 14.8 Å². The molecule has 1 aliphatic rings. The Kier molecular flexibility index (Phi) is 5.77. The molecule has 1 amide bonds. The first-order valence-electron chi connectivity index (χ1n) is 8.29. The third-order valence-corrected chi connectivity index (χ3v) is 5.18. The Hall–Kier alpha value is -2.13. The maximum absolute atomic E-state index is 12.2. The summed E-state index contributed by atoms with van der Waals surface area (Å²) in [7, 11) is 0. The third kappa shape index (κ3) is 4.34. The average Bonchev–Trinajstić information content (AvgIpc) is 3.37. The first kappa shape index (κ1) is 18.7. The van der Waals surface area contributed by atoms with Crippen molar-refractivity contribution < 1.29 is 9.72 Å². The van der Waals surface area contributed by atoms with Crippen LogP contribution in [0, 0.1) is 10.1 Å². The average molecular weight is 396 g/mol. The van der Waals surface area contributed by atoms with E-state index in [1.165, 1.54) is 30.0 Å². The Labute approximate surface area is 159 Å². The minimum atomic E-state index is -0.584. The molecule has 8 nitrogen and oxygen atoms in total. The fourth-order valence-corrected chi connectivity index (χ4v) is 3.50. The zero-order chi connectivity index (χ0) is 18.7. The van der Waals surface area contributed by atoms with Gasteiger partial charge in [-0.05, 0) is 31.4 Å². The number of nitrogens with zero attached hydrogens (tertiary/aromatic N) is 4. The van der Waals surface area contributed by atoms with Crippen molar-refractivity contribution in [3.63, 3.8) is 0 Å². The van der Waals surface area contributed by atoms with Crippen molar-refractivity contribution in [2.24, 2.45) is 0 Å². The molecule has 0 atom stereocenters. The quantitative estimate of drug-likeness (QED) is 0.413. The highest BCUT2D eigenvalue weighted by molar-refractivity contribution is 7.99. The molecular formula is C16H18ClN5O3S. The Morgan fingerprint density at radius 2 is 2.23 bits per heavy atom. The predicted octanol–water partition coefficient (Wildman–Crippen LogP) is 3.86. The van der Waals surface area contributed by atoms with Crippen LogP contribution < -0.4 is 5.32 Å². The lowest BCUT2D eigenvalue weighted by Gasteiger charge is -2.08. The maximum Gasteiger partial charge on any atom is 0.289 e. The molecule has 2 aromatic rings. The van der Waals surface area contributed by atoms with E-state index in [1.807, 2.05) is 0 Å². The highest BCUT2D eigenvalue weighted by Gasteiger charge is 2.30. The van der Waals surface area contributed by atoms with E-state index >= 15 is 0 Å². The fourth-order valence-electron chi connectivity index (χ4n) is 2.54. The second-order valence-electron chi connectivity index (χ2n) is 6.03. The fraction of sp³-hybridized carbons (Fsp3) is 0.438. The number of carbonyl (C=O) groups excluding carboxylic acids is 1. The minimum Gasteiger partial charge on any atom is -0.325 e. The number of thioether (sulfide) groups is 1. The lowest BCUT2D eigenvalue weighted by atomic mass is 10.3. The van der Waals surface area contributed by atoms with E-state index in [1.54, 1.807) is 0 Å².